The second kappa shape index (κ2) is 8.90. The number of nitrogens with one attached hydrogen (secondary N) is 1. The summed E-state index contributed by atoms with van der Waals surface area (Å²) >= 11 is 0. The summed E-state index contributed by atoms with van der Waals surface area (Å²) < 4.78 is 0. The van der Waals surface area contributed by atoms with Gasteiger partial charge in [0.2, 0.25) is 5.91 Å². The number of phenolic OH excluding ortho intramolecular Hbond substituents is 1. The van der Waals surface area contributed by atoms with Gasteiger partial charge >= 0.3 is 0 Å². The zero-order valence-corrected chi connectivity index (χ0v) is 18.6. The van der Waals surface area contributed by atoms with Crippen molar-refractivity contribution in [3.8, 4) is 5.75 Å². The van der Waals surface area contributed by atoms with E-state index in [9.17, 15) is 9.90 Å². The number of amides is 1. The minimum absolute atomic E-state index is 0.0405. The third-order valence-corrected chi connectivity index (χ3v) is 5.85. The molecule has 0 radical (unpaired) electrons. The number of carbonyl (C=O) groups excluding carboxylic acids is 1. The summed E-state index contributed by atoms with van der Waals surface area (Å²) in [7, 11) is 0. The second-order valence-corrected chi connectivity index (χ2v) is 8.97. The Morgan fingerprint density at radius 3 is 2.40 bits per heavy atom. The average molecular weight is 408 g/mol. The molecule has 5 nitrogen and oxygen atoms in total. The molecule has 1 saturated carbocycles. The van der Waals surface area contributed by atoms with E-state index in [0.717, 1.165) is 25.2 Å². The van der Waals surface area contributed by atoms with Gasteiger partial charge in [0.25, 0.3) is 0 Å². The summed E-state index contributed by atoms with van der Waals surface area (Å²) in [5.74, 6) is 0.299. The maximum absolute atomic E-state index is 12.4. The van der Waals surface area contributed by atoms with Crippen LogP contribution >= 0.6 is 0 Å². The first-order valence-corrected chi connectivity index (χ1v) is 10.8. The molecule has 0 aromatic heterocycles. The van der Waals surface area contributed by atoms with Crippen molar-refractivity contribution in [1.82, 2.24) is 5.43 Å². The third-order valence-electron chi connectivity index (χ3n) is 5.85. The van der Waals surface area contributed by atoms with E-state index >= 15 is 0 Å². The molecule has 0 bridgehead atoms. The number of hydrogen-bond donors (Lipinski definition) is 2. The summed E-state index contributed by atoms with van der Waals surface area (Å²) in [6.45, 7) is 12.5. The van der Waals surface area contributed by atoms with Gasteiger partial charge in [-0.15, -0.1) is 0 Å². The van der Waals surface area contributed by atoms with Crippen LogP contribution in [0.4, 0.5) is 5.69 Å². The fraction of sp³-hybridized carbons (Fsp3) is 0.440. The van der Waals surface area contributed by atoms with E-state index in [1.54, 1.807) is 6.07 Å². The summed E-state index contributed by atoms with van der Waals surface area (Å²) in [5, 5.41) is 14.3. The number of hydrazone groups is 1. The molecule has 0 aliphatic heterocycles. The van der Waals surface area contributed by atoms with Crippen LogP contribution < -0.4 is 10.3 Å². The molecule has 30 heavy (non-hydrogen) atoms. The standard InChI is InChI=1S/C25H33N3O2/c1-6-28(7-2)20-13-10-18(23(29)14-20)16-26-27-24(30)22-15-21(22)17-8-11-19(12-9-17)25(3,4)5/h8-14,16,21-22,29H,6-7,15H2,1-5H3,(H,27,30)/b26-16-/t21-,22+/m1/s1. The Hall–Kier alpha value is -2.82. The van der Waals surface area contributed by atoms with Gasteiger partial charge in [-0.2, -0.15) is 5.10 Å². The van der Waals surface area contributed by atoms with Gasteiger partial charge in [0, 0.05) is 36.3 Å². The first-order valence-electron chi connectivity index (χ1n) is 10.8. The molecule has 0 spiro atoms. The Morgan fingerprint density at radius 1 is 1.17 bits per heavy atom. The molecule has 160 valence electrons. The molecule has 1 amide bonds. The van der Waals surface area contributed by atoms with Crippen LogP contribution in [-0.2, 0) is 10.2 Å². The van der Waals surface area contributed by atoms with Crippen molar-refractivity contribution in [3.63, 3.8) is 0 Å². The lowest BCUT2D eigenvalue weighted by atomic mass is 9.86. The van der Waals surface area contributed by atoms with E-state index in [1.807, 2.05) is 12.1 Å². The lowest BCUT2D eigenvalue weighted by molar-refractivity contribution is -0.122. The molecule has 2 aromatic carbocycles. The first-order chi connectivity index (χ1) is 14.2. The quantitative estimate of drug-likeness (QED) is 0.512. The molecule has 5 heteroatoms. The number of phenols is 1. The molecule has 0 saturated heterocycles. The highest BCUT2D eigenvalue weighted by molar-refractivity contribution is 5.87. The molecular formula is C25H33N3O2. The topological polar surface area (TPSA) is 64.9 Å². The van der Waals surface area contributed by atoms with Crippen LogP contribution in [0, 0.1) is 5.92 Å². The van der Waals surface area contributed by atoms with E-state index in [0.29, 0.717) is 5.56 Å². The largest absolute Gasteiger partial charge is 0.507 e. The highest BCUT2D eigenvalue weighted by Gasteiger charge is 2.44. The van der Waals surface area contributed by atoms with Crippen molar-refractivity contribution in [2.24, 2.45) is 11.0 Å². The number of carbonyl (C=O) groups is 1. The number of hydrogen-bond acceptors (Lipinski definition) is 4. The molecule has 1 aliphatic rings. The van der Waals surface area contributed by atoms with Gasteiger partial charge in [-0.25, -0.2) is 5.43 Å². The van der Waals surface area contributed by atoms with E-state index in [2.05, 4.69) is 74.3 Å². The normalized spacial score (nSPS) is 18.4. The first kappa shape index (κ1) is 21.9. The van der Waals surface area contributed by atoms with Crippen molar-refractivity contribution in [3.05, 3.63) is 59.2 Å². The fourth-order valence-corrected chi connectivity index (χ4v) is 3.76. The molecular weight excluding hydrogens is 374 g/mol. The van der Waals surface area contributed by atoms with Gasteiger partial charge in [-0.3, -0.25) is 4.79 Å². The van der Waals surface area contributed by atoms with Crippen LogP contribution in [0.1, 0.15) is 63.6 Å². The monoisotopic (exact) mass is 407 g/mol. The van der Waals surface area contributed by atoms with Gasteiger partial charge in [-0.1, -0.05) is 45.0 Å². The van der Waals surface area contributed by atoms with Crippen LogP contribution in [0.25, 0.3) is 0 Å². The van der Waals surface area contributed by atoms with Crippen molar-refractivity contribution >= 4 is 17.8 Å². The van der Waals surface area contributed by atoms with Crippen LogP contribution in [0.5, 0.6) is 5.75 Å². The van der Waals surface area contributed by atoms with Crippen LogP contribution in [0.15, 0.2) is 47.6 Å². The predicted octanol–water partition coefficient (Wildman–Crippen LogP) is 4.79. The van der Waals surface area contributed by atoms with Crippen LogP contribution in [-0.4, -0.2) is 30.3 Å². The highest BCUT2D eigenvalue weighted by atomic mass is 16.3. The number of benzene rings is 2. The minimum Gasteiger partial charge on any atom is -0.507 e. The zero-order valence-electron chi connectivity index (χ0n) is 18.6. The number of aromatic hydroxyl groups is 1. The molecule has 0 heterocycles. The van der Waals surface area contributed by atoms with Crippen LogP contribution in [0.2, 0.25) is 0 Å². The van der Waals surface area contributed by atoms with Gasteiger partial charge in [0.05, 0.1) is 6.21 Å². The molecule has 1 aliphatic carbocycles. The molecule has 2 aromatic rings. The molecule has 2 N–H and O–H groups in total. The summed E-state index contributed by atoms with van der Waals surface area (Å²) in [4.78, 5) is 14.6. The van der Waals surface area contributed by atoms with Gasteiger partial charge in [0.15, 0.2) is 0 Å². The SMILES string of the molecule is CCN(CC)c1ccc(/C=N\NC(=O)[C@H]2C[C@@H]2c2ccc(C(C)(C)C)cc2)c(O)c1. The Bertz CT molecular complexity index is 909. The predicted molar refractivity (Wildman–Crippen MR) is 123 cm³/mol. The molecule has 0 unspecified atom stereocenters. The van der Waals surface area contributed by atoms with Gasteiger partial charge in [0.1, 0.15) is 5.75 Å². The Morgan fingerprint density at radius 2 is 1.83 bits per heavy atom. The summed E-state index contributed by atoms with van der Waals surface area (Å²) in [6.07, 6.45) is 2.34. The second-order valence-electron chi connectivity index (χ2n) is 8.97. The molecule has 1 fully saturated rings. The highest BCUT2D eigenvalue weighted by Crippen LogP contribution is 2.47. The zero-order chi connectivity index (χ0) is 21.9. The fourth-order valence-electron chi connectivity index (χ4n) is 3.76. The van der Waals surface area contributed by atoms with E-state index in [1.165, 1.54) is 17.3 Å². The van der Waals surface area contributed by atoms with Gasteiger partial charge in [-0.05, 0) is 54.9 Å². The maximum atomic E-state index is 12.4. The van der Waals surface area contributed by atoms with Crippen molar-refractivity contribution in [2.45, 2.75) is 52.4 Å². The lowest BCUT2D eigenvalue weighted by Gasteiger charge is -2.21. The number of nitrogens with zero attached hydrogens (tertiary/aromatic N) is 2. The number of rotatable bonds is 7. The van der Waals surface area contributed by atoms with Crippen molar-refractivity contribution < 1.29 is 9.90 Å². The van der Waals surface area contributed by atoms with Gasteiger partial charge < -0.3 is 10.0 Å². The lowest BCUT2D eigenvalue weighted by Crippen LogP contribution is -2.21. The van der Waals surface area contributed by atoms with E-state index in [4.69, 9.17) is 0 Å². The van der Waals surface area contributed by atoms with Crippen LogP contribution in [0.3, 0.4) is 0 Å². The van der Waals surface area contributed by atoms with E-state index in [-0.39, 0.29) is 28.9 Å². The van der Waals surface area contributed by atoms with Crippen molar-refractivity contribution in [2.75, 3.05) is 18.0 Å². The third kappa shape index (κ3) is 5.02. The Kier molecular flexibility index (Phi) is 6.49. The van der Waals surface area contributed by atoms with E-state index < -0.39 is 0 Å². The summed E-state index contributed by atoms with van der Waals surface area (Å²) in [6, 6.07) is 14.1. The Labute approximate surface area is 179 Å². The minimum atomic E-state index is -0.0737. The van der Waals surface area contributed by atoms with Crippen molar-refractivity contribution in [1.29, 1.82) is 0 Å². The molecule has 2 atom stereocenters. The smallest absolute Gasteiger partial charge is 0.243 e. The number of anilines is 1. The average Bonchev–Trinajstić information content (AvgIpc) is 3.51. The summed E-state index contributed by atoms with van der Waals surface area (Å²) in [5.41, 5.74) is 6.80. The Balaban J connectivity index is 1.56. The maximum Gasteiger partial charge on any atom is 0.243 e. The molecule has 3 rings (SSSR count).